The standard InChI is InChI=1S/C13H15F4NO/c1-2-8-5-7(3-4-19-8)18-13-11(16)9(14)6-10(15)12(13)17/h6-8,18H,2-5H2,1H3. The Hall–Kier alpha value is -1.30. The summed E-state index contributed by atoms with van der Waals surface area (Å²) < 4.78 is 58.6. The van der Waals surface area contributed by atoms with Gasteiger partial charge in [0.15, 0.2) is 23.3 Å². The lowest BCUT2D eigenvalue weighted by Gasteiger charge is -2.30. The molecule has 0 bridgehead atoms. The van der Waals surface area contributed by atoms with Crippen molar-refractivity contribution in [3.8, 4) is 0 Å². The number of benzene rings is 1. The zero-order chi connectivity index (χ0) is 14.0. The van der Waals surface area contributed by atoms with Crippen LogP contribution in [-0.4, -0.2) is 18.8 Å². The Balaban J connectivity index is 2.19. The first-order valence-corrected chi connectivity index (χ1v) is 6.24. The van der Waals surface area contributed by atoms with Crippen LogP contribution in [0.3, 0.4) is 0 Å². The van der Waals surface area contributed by atoms with Crippen molar-refractivity contribution in [1.82, 2.24) is 0 Å². The van der Waals surface area contributed by atoms with Gasteiger partial charge < -0.3 is 10.1 Å². The van der Waals surface area contributed by atoms with Crippen LogP contribution < -0.4 is 5.32 Å². The van der Waals surface area contributed by atoms with Crippen LogP contribution in [-0.2, 0) is 4.74 Å². The maximum atomic E-state index is 13.5. The van der Waals surface area contributed by atoms with E-state index in [0.29, 0.717) is 19.4 Å². The van der Waals surface area contributed by atoms with Gasteiger partial charge >= 0.3 is 0 Å². The average molecular weight is 277 g/mol. The number of rotatable bonds is 3. The summed E-state index contributed by atoms with van der Waals surface area (Å²) in [7, 11) is 0. The van der Waals surface area contributed by atoms with E-state index >= 15 is 0 Å². The largest absolute Gasteiger partial charge is 0.378 e. The van der Waals surface area contributed by atoms with Crippen molar-refractivity contribution < 1.29 is 22.3 Å². The molecular formula is C13H15F4NO. The minimum Gasteiger partial charge on any atom is -0.378 e. The minimum absolute atomic E-state index is 0.00391. The van der Waals surface area contributed by atoms with Gasteiger partial charge in [-0.15, -0.1) is 0 Å². The van der Waals surface area contributed by atoms with Crippen molar-refractivity contribution in [2.45, 2.75) is 38.3 Å². The fourth-order valence-electron chi connectivity index (χ4n) is 2.20. The molecule has 0 radical (unpaired) electrons. The molecule has 2 unspecified atom stereocenters. The molecule has 2 nitrogen and oxygen atoms in total. The zero-order valence-corrected chi connectivity index (χ0v) is 10.5. The molecule has 6 heteroatoms. The van der Waals surface area contributed by atoms with Gasteiger partial charge in [-0.25, -0.2) is 17.6 Å². The third-order valence-corrected chi connectivity index (χ3v) is 3.28. The summed E-state index contributed by atoms with van der Waals surface area (Å²) in [5.41, 5.74) is -0.737. The fourth-order valence-corrected chi connectivity index (χ4v) is 2.20. The van der Waals surface area contributed by atoms with Crippen molar-refractivity contribution in [3.63, 3.8) is 0 Å². The van der Waals surface area contributed by atoms with Gasteiger partial charge in [0.25, 0.3) is 0 Å². The van der Waals surface area contributed by atoms with Crippen LogP contribution in [0.4, 0.5) is 23.2 Å². The van der Waals surface area contributed by atoms with Gasteiger partial charge in [0, 0.05) is 18.7 Å². The van der Waals surface area contributed by atoms with Gasteiger partial charge in [0.2, 0.25) is 0 Å². The van der Waals surface area contributed by atoms with E-state index < -0.39 is 29.0 Å². The SMILES string of the molecule is CCC1CC(Nc2c(F)c(F)cc(F)c2F)CCO1. The van der Waals surface area contributed by atoms with Crippen LogP contribution in [0.5, 0.6) is 0 Å². The van der Waals surface area contributed by atoms with E-state index in [1.807, 2.05) is 6.92 Å². The van der Waals surface area contributed by atoms with Gasteiger partial charge in [0.05, 0.1) is 6.10 Å². The number of hydrogen-bond donors (Lipinski definition) is 1. The van der Waals surface area contributed by atoms with E-state index in [2.05, 4.69) is 5.32 Å². The van der Waals surface area contributed by atoms with E-state index in [1.165, 1.54) is 0 Å². The quantitative estimate of drug-likeness (QED) is 0.673. The smallest absolute Gasteiger partial charge is 0.185 e. The van der Waals surface area contributed by atoms with Crippen molar-refractivity contribution in [1.29, 1.82) is 0 Å². The lowest BCUT2D eigenvalue weighted by Crippen LogP contribution is -2.34. The summed E-state index contributed by atoms with van der Waals surface area (Å²) in [5.74, 6) is -5.59. The van der Waals surface area contributed by atoms with Crippen molar-refractivity contribution in [2.24, 2.45) is 0 Å². The predicted octanol–water partition coefficient (Wildman–Crippen LogP) is 3.61. The first kappa shape index (κ1) is 14.1. The second-order valence-corrected chi connectivity index (χ2v) is 4.61. The Morgan fingerprint density at radius 1 is 1.21 bits per heavy atom. The number of nitrogens with one attached hydrogen (secondary N) is 1. The molecule has 1 fully saturated rings. The Labute approximate surface area is 108 Å². The van der Waals surface area contributed by atoms with E-state index in [4.69, 9.17) is 4.74 Å². The predicted molar refractivity (Wildman–Crippen MR) is 62.9 cm³/mol. The summed E-state index contributed by atoms with van der Waals surface area (Å²) >= 11 is 0. The van der Waals surface area contributed by atoms with Crippen LogP contribution >= 0.6 is 0 Å². The number of halogens is 4. The molecule has 1 heterocycles. The highest BCUT2D eigenvalue weighted by Gasteiger charge is 2.25. The first-order valence-electron chi connectivity index (χ1n) is 6.24. The van der Waals surface area contributed by atoms with Gasteiger partial charge in [-0.2, -0.15) is 0 Å². The molecule has 0 aromatic heterocycles. The first-order chi connectivity index (χ1) is 9.02. The van der Waals surface area contributed by atoms with Gasteiger partial charge in [-0.1, -0.05) is 6.92 Å². The number of hydrogen-bond acceptors (Lipinski definition) is 2. The van der Waals surface area contributed by atoms with Crippen molar-refractivity contribution >= 4 is 5.69 Å². The van der Waals surface area contributed by atoms with Crippen LogP contribution in [0.25, 0.3) is 0 Å². The summed E-state index contributed by atoms with van der Waals surface area (Å²) in [5, 5.41) is 2.55. The topological polar surface area (TPSA) is 21.3 Å². The average Bonchev–Trinajstić information content (AvgIpc) is 2.41. The highest BCUT2D eigenvalue weighted by Crippen LogP contribution is 2.27. The highest BCUT2D eigenvalue weighted by molar-refractivity contribution is 5.48. The second kappa shape index (κ2) is 5.77. The number of anilines is 1. The Kier molecular flexibility index (Phi) is 4.29. The number of ether oxygens (including phenoxy) is 1. The van der Waals surface area contributed by atoms with E-state index in [1.54, 1.807) is 0 Å². The lowest BCUT2D eigenvalue weighted by atomic mass is 10.0. The molecule has 1 aliphatic rings. The monoisotopic (exact) mass is 277 g/mol. The summed E-state index contributed by atoms with van der Waals surface area (Å²) in [6.45, 7) is 2.40. The van der Waals surface area contributed by atoms with E-state index in [9.17, 15) is 17.6 Å². The van der Waals surface area contributed by atoms with Gasteiger partial charge in [-0.3, -0.25) is 0 Å². The van der Waals surface area contributed by atoms with Gasteiger partial charge in [-0.05, 0) is 19.3 Å². The third kappa shape index (κ3) is 3.00. The Bertz CT molecular complexity index is 440. The normalized spacial score (nSPS) is 23.4. The minimum atomic E-state index is -1.40. The van der Waals surface area contributed by atoms with Crippen LogP contribution in [0, 0.1) is 23.3 Å². The molecular weight excluding hydrogens is 262 g/mol. The molecule has 0 saturated carbocycles. The van der Waals surface area contributed by atoms with Crippen LogP contribution in [0.15, 0.2) is 6.07 Å². The molecule has 1 aromatic rings. The van der Waals surface area contributed by atoms with Gasteiger partial charge in [0.1, 0.15) is 5.69 Å². The van der Waals surface area contributed by atoms with Crippen molar-refractivity contribution in [3.05, 3.63) is 29.3 Å². The molecule has 0 spiro atoms. The molecule has 2 rings (SSSR count). The zero-order valence-electron chi connectivity index (χ0n) is 10.5. The molecule has 1 N–H and O–H groups in total. The maximum absolute atomic E-state index is 13.5. The summed E-state index contributed by atoms with van der Waals surface area (Å²) in [6, 6.07) is -0.0572. The molecule has 2 atom stereocenters. The fraction of sp³-hybridized carbons (Fsp3) is 0.538. The molecule has 0 aliphatic carbocycles. The van der Waals surface area contributed by atoms with E-state index in [0.717, 1.165) is 6.42 Å². The molecule has 19 heavy (non-hydrogen) atoms. The molecule has 1 saturated heterocycles. The van der Waals surface area contributed by atoms with E-state index in [-0.39, 0.29) is 18.2 Å². The lowest BCUT2D eigenvalue weighted by molar-refractivity contribution is 0.00915. The maximum Gasteiger partial charge on any atom is 0.185 e. The molecule has 1 aromatic carbocycles. The second-order valence-electron chi connectivity index (χ2n) is 4.61. The molecule has 106 valence electrons. The van der Waals surface area contributed by atoms with Crippen LogP contribution in [0.2, 0.25) is 0 Å². The van der Waals surface area contributed by atoms with Crippen molar-refractivity contribution in [2.75, 3.05) is 11.9 Å². The van der Waals surface area contributed by atoms with Crippen LogP contribution in [0.1, 0.15) is 26.2 Å². The highest BCUT2D eigenvalue weighted by atomic mass is 19.2. The molecule has 0 amide bonds. The Morgan fingerprint density at radius 3 is 2.42 bits per heavy atom. The Morgan fingerprint density at radius 2 is 1.84 bits per heavy atom. The third-order valence-electron chi connectivity index (χ3n) is 3.28. The summed E-state index contributed by atoms with van der Waals surface area (Å²) in [4.78, 5) is 0. The summed E-state index contributed by atoms with van der Waals surface area (Å²) in [6.07, 6.45) is 1.86. The molecule has 1 aliphatic heterocycles.